The van der Waals surface area contributed by atoms with Crippen LogP contribution in [0.3, 0.4) is 0 Å². The van der Waals surface area contributed by atoms with Crippen molar-refractivity contribution in [3.63, 3.8) is 0 Å². The normalized spacial score (nSPS) is 11.2. The van der Waals surface area contributed by atoms with E-state index >= 15 is 0 Å². The van der Waals surface area contributed by atoms with Crippen molar-refractivity contribution in [2.45, 2.75) is 46.5 Å². The summed E-state index contributed by atoms with van der Waals surface area (Å²) in [5, 5.41) is 5.27. The zero-order valence-electron chi connectivity index (χ0n) is 28.3. The Labute approximate surface area is 295 Å². The van der Waals surface area contributed by atoms with Gasteiger partial charge >= 0.3 is 25.8 Å². The average Bonchev–Trinajstić information content (AvgIpc) is 3.66. The minimum absolute atomic E-state index is 0. The molecule has 0 saturated carbocycles. The van der Waals surface area contributed by atoms with Crippen LogP contribution in [0.15, 0.2) is 127 Å². The number of fused-ring (bicyclic) bond motifs is 2. The number of hydrogen-bond donors (Lipinski definition) is 0. The number of hydrogen-bond acceptors (Lipinski definition) is 0. The van der Waals surface area contributed by atoms with E-state index < -0.39 is 0 Å². The minimum Gasteiger partial charge on any atom is -0.358 e. The van der Waals surface area contributed by atoms with Crippen LogP contribution in [0.1, 0.15) is 45.9 Å². The molecule has 0 heterocycles. The summed E-state index contributed by atoms with van der Waals surface area (Å²) in [4.78, 5) is 0. The second-order valence-electron chi connectivity index (χ2n) is 12.7. The monoisotopic (exact) mass is 764 g/mol. The summed E-state index contributed by atoms with van der Waals surface area (Å²) in [7, 11) is 0. The Balaban J connectivity index is 0.00000160. The molecular weight excluding hydrogens is 719 g/mol. The molecule has 1 heteroatoms. The SMILES string of the molecule is Cc1ccc(C)c(-c2cccc3[cH-]c(C(C)(Cc4ccccc4)c4cc5c(-c6cc(C)ccc6C)cccc5[cH-]4)cc23)c1.[CH3-].[CH3-].[Hf+4]. The summed E-state index contributed by atoms with van der Waals surface area (Å²) in [5.41, 5.74) is 14.4. The summed E-state index contributed by atoms with van der Waals surface area (Å²) in [6.07, 6.45) is 0.929. The second-order valence-corrected chi connectivity index (χ2v) is 12.7. The van der Waals surface area contributed by atoms with E-state index in [9.17, 15) is 0 Å². The summed E-state index contributed by atoms with van der Waals surface area (Å²) >= 11 is 0. The molecule has 0 atom stereocenters. The van der Waals surface area contributed by atoms with Crippen LogP contribution in [0.4, 0.5) is 0 Å². The van der Waals surface area contributed by atoms with Crippen molar-refractivity contribution in [3.05, 3.63) is 181 Å². The van der Waals surface area contributed by atoms with Gasteiger partial charge in [-0.3, -0.25) is 0 Å². The maximum Gasteiger partial charge on any atom is 4.00 e. The molecule has 0 aromatic heterocycles. The van der Waals surface area contributed by atoms with Gasteiger partial charge in [0.05, 0.1) is 0 Å². The van der Waals surface area contributed by atoms with Gasteiger partial charge in [0, 0.05) is 0 Å². The molecule has 0 bridgehead atoms. The van der Waals surface area contributed by atoms with E-state index in [2.05, 4.69) is 162 Å². The summed E-state index contributed by atoms with van der Waals surface area (Å²) in [6, 6.07) is 47.9. The third-order valence-corrected chi connectivity index (χ3v) is 9.54. The first-order valence-electron chi connectivity index (χ1n) is 15.4. The molecule has 0 saturated heterocycles. The van der Waals surface area contributed by atoms with Crippen LogP contribution in [0.2, 0.25) is 0 Å². The molecule has 7 aromatic carbocycles. The van der Waals surface area contributed by atoms with Crippen molar-refractivity contribution < 1.29 is 25.8 Å². The maximum atomic E-state index is 2.47. The third kappa shape index (κ3) is 6.27. The first-order valence-corrected chi connectivity index (χ1v) is 15.4. The standard InChI is InChI=1S/C43H38.2CH3.Hf/c1-28-17-19-30(3)39(21-28)37-15-9-13-33-23-35(25-41(33)37)43(5,27-32-11-7-6-8-12-32)36-24-34-14-10-16-38(42(34)26-36)40-22-29(2)18-20-31(40)4;;;/h6-26H,27H2,1-5H3;2*1H3;/q-2;2*-1;+4. The van der Waals surface area contributed by atoms with Crippen LogP contribution in [0, 0.1) is 42.5 Å². The largest absolute Gasteiger partial charge is 4.00 e. The topological polar surface area (TPSA) is 0 Å². The number of benzene rings is 5. The second kappa shape index (κ2) is 13.9. The molecule has 0 aliphatic carbocycles. The van der Waals surface area contributed by atoms with Crippen LogP contribution in [0.25, 0.3) is 43.8 Å². The molecule has 0 aliphatic heterocycles. The van der Waals surface area contributed by atoms with Gasteiger partial charge in [0.2, 0.25) is 0 Å². The Morgan fingerprint density at radius 1 is 0.500 bits per heavy atom. The molecular formula is C45H44Hf. The average molecular weight is 763 g/mol. The minimum atomic E-state index is -0.211. The van der Waals surface area contributed by atoms with Gasteiger partial charge in [-0.25, -0.2) is 0 Å². The number of rotatable bonds is 6. The van der Waals surface area contributed by atoms with Crippen LogP contribution in [0.5, 0.6) is 0 Å². The fourth-order valence-corrected chi connectivity index (χ4v) is 7.00. The molecule has 0 unspecified atom stereocenters. The first-order chi connectivity index (χ1) is 20.8. The van der Waals surface area contributed by atoms with Gasteiger partial charge in [-0.05, 0) is 67.3 Å². The molecule has 0 N–H and O–H groups in total. The van der Waals surface area contributed by atoms with Crippen molar-refractivity contribution in [2.75, 3.05) is 0 Å². The summed E-state index contributed by atoms with van der Waals surface area (Å²) in [6.45, 7) is 11.3. The molecule has 7 rings (SSSR count). The molecule has 0 radical (unpaired) electrons. The summed E-state index contributed by atoms with van der Waals surface area (Å²) in [5.74, 6) is 0. The molecule has 7 aromatic rings. The zero-order valence-corrected chi connectivity index (χ0v) is 31.9. The fourth-order valence-electron chi connectivity index (χ4n) is 7.00. The molecule has 0 amide bonds. The van der Waals surface area contributed by atoms with Crippen LogP contribution >= 0.6 is 0 Å². The van der Waals surface area contributed by atoms with E-state index in [1.54, 1.807) is 0 Å². The van der Waals surface area contributed by atoms with E-state index in [1.807, 2.05) is 0 Å². The Bertz CT molecular complexity index is 1970. The van der Waals surface area contributed by atoms with Gasteiger partial charge in [0.1, 0.15) is 0 Å². The fraction of sp³-hybridized carbons (Fsp3) is 0.156. The van der Waals surface area contributed by atoms with E-state index in [0.29, 0.717) is 0 Å². The smallest absolute Gasteiger partial charge is 0.358 e. The van der Waals surface area contributed by atoms with E-state index in [0.717, 1.165) is 6.42 Å². The van der Waals surface area contributed by atoms with Gasteiger partial charge in [-0.15, -0.1) is 69.1 Å². The Morgan fingerprint density at radius 2 is 0.957 bits per heavy atom. The van der Waals surface area contributed by atoms with Crippen molar-refractivity contribution >= 4 is 21.5 Å². The predicted molar refractivity (Wildman–Crippen MR) is 198 cm³/mol. The van der Waals surface area contributed by atoms with Gasteiger partial charge in [0.15, 0.2) is 0 Å². The van der Waals surface area contributed by atoms with Gasteiger partial charge in [-0.2, -0.15) is 12.1 Å². The van der Waals surface area contributed by atoms with Crippen molar-refractivity contribution in [3.8, 4) is 22.3 Å². The van der Waals surface area contributed by atoms with Crippen molar-refractivity contribution in [2.24, 2.45) is 0 Å². The van der Waals surface area contributed by atoms with E-state index in [4.69, 9.17) is 0 Å². The quantitative estimate of drug-likeness (QED) is 0.117. The van der Waals surface area contributed by atoms with E-state index in [-0.39, 0.29) is 46.1 Å². The molecule has 0 nitrogen and oxygen atoms in total. The maximum absolute atomic E-state index is 2.47. The van der Waals surface area contributed by atoms with Crippen molar-refractivity contribution in [1.29, 1.82) is 0 Å². The Kier molecular flexibility index (Phi) is 10.6. The molecule has 0 spiro atoms. The summed E-state index contributed by atoms with van der Waals surface area (Å²) < 4.78 is 0. The van der Waals surface area contributed by atoms with Crippen LogP contribution in [-0.2, 0) is 37.7 Å². The molecule has 46 heavy (non-hydrogen) atoms. The van der Waals surface area contributed by atoms with Gasteiger partial charge in [0.25, 0.3) is 0 Å². The number of aryl methyl sites for hydroxylation is 4. The van der Waals surface area contributed by atoms with E-state index in [1.165, 1.54) is 82.7 Å². The van der Waals surface area contributed by atoms with Crippen LogP contribution < -0.4 is 0 Å². The van der Waals surface area contributed by atoms with Crippen LogP contribution in [-0.4, -0.2) is 0 Å². The Hall–Kier alpha value is -3.81. The van der Waals surface area contributed by atoms with Gasteiger partial charge in [-0.1, -0.05) is 108 Å². The predicted octanol–water partition coefficient (Wildman–Crippen LogP) is 12.4. The first kappa shape index (κ1) is 35.1. The molecule has 228 valence electrons. The van der Waals surface area contributed by atoms with Gasteiger partial charge < -0.3 is 14.9 Å². The Morgan fingerprint density at radius 3 is 1.41 bits per heavy atom. The molecule has 0 fully saturated rings. The third-order valence-electron chi connectivity index (χ3n) is 9.54. The van der Waals surface area contributed by atoms with Crippen molar-refractivity contribution in [1.82, 2.24) is 0 Å². The zero-order chi connectivity index (χ0) is 29.7. The molecule has 0 aliphatic rings.